The summed E-state index contributed by atoms with van der Waals surface area (Å²) in [5.74, 6) is 0.417. The normalized spacial score (nSPS) is 11.8. The van der Waals surface area contributed by atoms with Crippen molar-refractivity contribution in [3.63, 3.8) is 0 Å². The molecule has 0 unspecified atom stereocenters. The summed E-state index contributed by atoms with van der Waals surface area (Å²) in [7, 11) is -3.54. The monoisotopic (exact) mass is 341 g/mol. The Morgan fingerprint density at radius 1 is 1.12 bits per heavy atom. The molecule has 0 fully saturated rings. The zero-order chi connectivity index (χ0) is 17.6. The van der Waals surface area contributed by atoms with E-state index in [-0.39, 0.29) is 16.2 Å². The first-order chi connectivity index (χ1) is 11.4. The maximum absolute atomic E-state index is 12.4. The molecule has 0 spiro atoms. The van der Waals surface area contributed by atoms with Crippen LogP contribution in [0.5, 0.6) is 5.75 Å². The maximum atomic E-state index is 12.4. The van der Waals surface area contributed by atoms with Crippen LogP contribution in [0.25, 0.3) is 6.08 Å². The summed E-state index contributed by atoms with van der Waals surface area (Å²) >= 11 is 0. The van der Waals surface area contributed by atoms with E-state index in [2.05, 4.69) is 0 Å². The van der Waals surface area contributed by atoms with Gasteiger partial charge >= 0.3 is 0 Å². The van der Waals surface area contributed by atoms with E-state index in [1.165, 1.54) is 0 Å². The Balaban J connectivity index is 2.22. The number of hydrogen-bond donors (Lipinski definition) is 0. The van der Waals surface area contributed by atoms with Crippen LogP contribution >= 0.6 is 0 Å². The summed E-state index contributed by atoms with van der Waals surface area (Å²) in [6.45, 7) is 4.37. The third-order valence-corrected chi connectivity index (χ3v) is 5.08. The molecule has 0 saturated carbocycles. The minimum atomic E-state index is -3.54. The molecule has 124 valence electrons. The van der Waals surface area contributed by atoms with Crippen molar-refractivity contribution < 1.29 is 13.2 Å². The molecule has 0 saturated heterocycles. The van der Waals surface area contributed by atoms with Crippen LogP contribution < -0.4 is 4.74 Å². The molecule has 0 N–H and O–H groups in total. The predicted octanol–water partition coefficient (Wildman–Crippen LogP) is 3.77. The topological polar surface area (TPSA) is 67.2 Å². The minimum Gasteiger partial charge on any atom is -0.494 e. The number of nitriles is 1. The number of sulfone groups is 1. The molecule has 0 atom stereocenters. The third-order valence-electron chi connectivity index (χ3n) is 3.40. The van der Waals surface area contributed by atoms with Crippen molar-refractivity contribution in [2.24, 2.45) is 0 Å². The van der Waals surface area contributed by atoms with Gasteiger partial charge in [-0.05, 0) is 49.8 Å². The molecule has 2 aromatic rings. The lowest BCUT2D eigenvalue weighted by molar-refractivity contribution is 0.340. The fourth-order valence-corrected chi connectivity index (χ4v) is 3.44. The Kier molecular flexibility index (Phi) is 5.78. The Bertz CT molecular complexity index is 858. The molecular formula is C19H19NO3S. The zero-order valence-corrected chi connectivity index (χ0v) is 14.5. The first kappa shape index (κ1) is 17.8. The van der Waals surface area contributed by atoms with E-state index in [1.807, 2.05) is 19.9 Å². The molecule has 0 amide bonds. The second-order valence-electron chi connectivity index (χ2n) is 5.36. The van der Waals surface area contributed by atoms with Gasteiger partial charge in [0, 0.05) is 5.57 Å². The van der Waals surface area contributed by atoms with Crippen LogP contribution in [-0.2, 0) is 9.84 Å². The van der Waals surface area contributed by atoms with Crippen molar-refractivity contribution in [3.05, 3.63) is 65.2 Å². The molecule has 0 heterocycles. The fraction of sp³-hybridized carbons (Fsp3) is 0.211. The van der Waals surface area contributed by atoms with Gasteiger partial charge in [-0.2, -0.15) is 5.26 Å². The average Bonchev–Trinajstić information content (AvgIpc) is 2.56. The quantitative estimate of drug-likeness (QED) is 0.750. The van der Waals surface area contributed by atoms with Crippen LogP contribution in [-0.4, -0.2) is 20.8 Å². The smallest absolute Gasteiger partial charge is 0.183 e. The van der Waals surface area contributed by atoms with E-state index in [4.69, 9.17) is 4.74 Å². The van der Waals surface area contributed by atoms with Crippen LogP contribution in [0.15, 0.2) is 59.0 Å². The van der Waals surface area contributed by atoms with E-state index in [9.17, 15) is 13.7 Å². The molecule has 0 aliphatic rings. The molecule has 2 aromatic carbocycles. The van der Waals surface area contributed by atoms with E-state index in [0.717, 1.165) is 16.9 Å². The van der Waals surface area contributed by atoms with Gasteiger partial charge in [-0.25, -0.2) is 8.42 Å². The summed E-state index contributed by atoms with van der Waals surface area (Å²) < 4.78 is 30.2. The number of rotatable bonds is 6. The van der Waals surface area contributed by atoms with Crippen LogP contribution in [0.4, 0.5) is 0 Å². The summed E-state index contributed by atoms with van der Waals surface area (Å²) in [5, 5.41) is 9.27. The van der Waals surface area contributed by atoms with Gasteiger partial charge in [0.15, 0.2) is 9.84 Å². The second-order valence-corrected chi connectivity index (χ2v) is 7.35. The summed E-state index contributed by atoms with van der Waals surface area (Å²) in [6, 6.07) is 15.8. The summed E-state index contributed by atoms with van der Waals surface area (Å²) in [4.78, 5) is 0.223. The highest BCUT2D eigenvalue weighted by molar-refractivity contribution is 7.91. The molecule has 0 bridgehead atoms. The molecule has 0 aliphatic carbocycles. The first-order valence-corrected chi connectivity index (χ1v) is 9.23. The molecule has 0 radical (unpaired) electrons. The highest BCUT2D eigenvalue weighted by Gasteiger charge is 2.16. The van der Waals surface area contributed by atoms with Gasteiger partial charge in [-0.1, -0.05) is 29.8 Å². The van der Waals surface area contributed by atoms with Crippen molar-refractivity contribution in [2.75, 3.05) is 12.4 Å². The number of aryl methyl sites for hydroxylation is 1. The van der Waals surface area contributed by atoms with Gasteiger partial charge in [0.2, 0.25) is 0 Å². The van der Waals surface area contributed by atoms with Crippen molar-refractivity contribution in [1.29, 1.82) is 5.26 Å². The SMILES string of the molecule is CCOc1ccc(/C=C(\C#N)CS(=O)(=O)c2ccc(C)cc2)cc1. The molecule has 24 heavy (non-hydrogen) atoms. The van der Waals surface area contributed by atoms with Crippen LogP contribution in [0.1, 0.15) is 18.1 Å². The Labute approximate surface area is 142 Å². The van der Waals surface area contributed by atoms with Crippen molar-refractivity contribution in [3.8, 4) is 11.8 Å². The van der Waals surface area contributed by atoms with E-state index < -0.39 is 9.84 Å². The van der Waals surface area contributed by atoms with Gasteiger partial charge in [-0.3, -0.25) is 0 Å². The maximum Gasteiger partial charge on any atom is 0.183 e. The third kappa shape index (κ3) is 4.71. The standard InChI is InChI=1S/C19H19NO3S/c1-3-23-18-8-6-16(7-9-18)12-17(13-20)14-24(21,22)19-10-4-15(2)5-11-19/h4-12H,3,14H2,1-2H3/b17-12+. The Hall–Kier alpha value is -2.58. The minimum absolute atomic E-state index is 0.194. The van der Waals surface area contributed by atoms with Gasteiger partial charge in [0.25, 0.3) is 0 Å². The molecule has 2 rings (SSSR count). The molecule has 0 aromatic heterocycles. The number of hydrogen-bond acceptors (Lipinski definition) is 4. The van der Waals surface area contributed by atoms with Crippen LogP contribution in [0, 0.1) is 18.3 Å². The Morgan fingerprint density at radius 2 is 1.75 bits per heavy atom. The molecule has 0 aliphatic heterocycles. The lowest BCUT2D eigenvalue weighted by Gasteiger charge is -2.05. The highest BCUT2D eigenvalue weighted by Crippen LogP contribution is 2.18. The molecule has 4 nitrogen and oxygen atoms in total. The molecule has 5 heteroatoms. The predicted molar refractivity (Wildman–Crippen MR) is 94.4 cm³/mol. The van der Waals surface area contributed by atoms with Crippen molar-refractivity contribution in [2.45, 2.75) is 18.7 Å². The fourth-order valence-electron chi connectivity index (χ4n) is 2.17. The van der Waals surface area contributed by atoms with Crippen molar-refractivity contribution >= 4 is 15.9 Å². The van der Waals surface area contributed by atoms with Crippen LogP contribution in [0.2, 0.25) is 0 Å². The number of benzene rings is 2. The highest BCUT2D eigenvalue weighted by atomic mass is 32.2. The first-order valence-electron chi connectivity index (χ1n) is 7.57. The van der Waals surface area contributed by atoms with E-state index in [0.29, 0.717) is 6.61 Å². The van der Waals surface area contributed by atoms with Gasteiger partial charge < -0.3 is 4.74 Å². The number of ether oxygens (including phenoxy) is 1. The number of nitrogens with zero attached hydrogens (tertiary/aromatic N) is 1. The average molecular weight is 341 g/mol. The van der Waals surface area contributed by atoms with Crippen molar-refractivity contribution in [1.82, 2.24) is 0 Å². The molecular weight excluding hydrogens is 322 g/mol. The second kappa shape index (κ2) is 7.80. The largest absolute Gasteiger partial charge is 0.494 e. The van der Waals surface area contributed by atoms with Crippen LogP contribution in [0.3, 0.4) is 0 Å². The zero-order valence-electron chi connectivity index (χ0n) is 13.7. The van der Waals surface area contributed by atoms with E-state index >= 15 is 0 Å². The van der Waals surface area contributed by atoms with E-state index in [1.54, 1.807) is 54.6 Å². The van der Waals surface area contributed by atoms with Gasteiger partial charge in [0.05, 0.1) is 23.3 Å². The lowest BCUT2D eigenvalue weighted by atomic mass is 10.1. The van der Waals surface area contributed by atoms with Gasteiger partial charge in [-0.15, -0.1) is 0 Å². The Morgan fingerprint density at radius 3 is 2.29 bits per heavy atom. The lowest BCUT2D eigenvalue weighted by Crippen LogP contribution is -2.08. The summed E-state index contributed by atoms with van der Waals surface area (Å²) in [5.41, 5.74) is 1.94. The van der Waals surface area contributed by atoms with Gasteiger partial charge in [0.1, 0.15) is 5.75 Å². The summed E-state index contributed by atoms with van der Waals surface area (Å²) in [6.07, 6.45) is 1.58.